The van der Waals surface area contributed by atoms with E-state index in [4.69, 9.17) is 20.3 Å². The molecule has 0 bridgehead atoms. The molecule has 0 fully saturated rings. The first-order chi connectivity index (χ1) is 10.7. The third-order valence-electron chi connectivity index (χ3n) is 3.22. The minimum atomic E-state index is -0.202. The third-order valence-corrected chi connectivity index (χ3v) is 4.05. The number of hydrogen-bond acceptors (Lipinski definition) is 5. The first-order valence-corrected chi connectivity index (χ1v) is 7.99. The van der Waals surface area contributed by atoms with E-state index in [0.29, 0.717) is 24.5 Å². The Morgan fingerprint density at radius 1 is 1.32 bits per heavy atom. The molecule has 118 valence electrons. The van der Waals surface area contributed by atoms with Gasteiger partial charge >= 0.3 is 0 Å². The van der Waals surface area contributed by atoms with E-state index in [0.717, 1.165) is 5.56 Å². The first kappa shape index (κ1) is 16.5. The molecule has 2 rings (SSSR count). The molecule has 22 heavy (non-hydrogen) atoms. The summed E-state index contributed by atoms with van der Waals surface area (Å²) >= 11 is 1.69. The molecule has 0 radical (unpaired) electrons. The van der Waals surface area contributed by atoms with Crippen molar-refractivity contribution in [2.24, 2.45) is 5.73 Å². The number of aliphatic hydroxyl groups is 1. The summed E-state index contributed by atoms with van der Waals surface area (Å²) in [6.07, 6.45) is 4.52. The van der Waals surface area contributed by atoms with Gasteiger partial charge in [0.15, 0.2) is 11.5 Å². The Labute approximate surface area is 134 Å². The van der Waals surface area contributed by atoms with Gasteiger partial charge in [0.2, 0.25) is 0 Å². The van der Waals surface area contributed by atoms with Gasteiger partial charge in [-0.3, -0.25) is 0 Å². The number of hydrogen-bond donors (Lipinski definition) is 2. The Morgan fingerprint density at radius 2 is 2.18 bits per heavy atom. The summed E-state index contributed by atoms with van der Waals surface area (Å²) in [5, 5.41) is 11.0. The van der Waals surface area contributed by atoms with Gasteiger partial charge in [0.1, 0.15) is 6.61 Å². The molecule has 2 aromatic rings. The molecule has 0 saturated carbocycles. The zero-order valence-corrected chi connectivity index (χ0v) is 13.4. The zero-order chi connectivity index (χ0) is 15.8. The van der Waals surface area contributed by atoms with Crippen molar-refractivity contribution in [3.63, 3.8) is 0 Å². The van der Waals surface area contributed by atoms with E-state index in [1.165, 1.54) is 4.88 Å². The summed E-state index contributed by atoms with van der Waals surface area (Å²) in [6.45, 7) is 0.533. The van der Waals surface area contributed by atoms with Gasteiger partial charge in [-0.05, 0) is 47.7 Å². The lowest BCUT2D eigenvalue weighted by Crippen LogP contribution is -2.12. The van der Waals surface area contributed by atoms with Crippen molar-refractivity contribution in [1.29, 1.82) is 0 Å². The molecule has 0 aliphatic rings. The van der Waals surface area contributed by atoms with Crippen LogP contribution in [-0.4, -0.2) is 25.4 Å². The van der Waals surface area contributed by atoms with E-state index in [2.05, 4.69) is 6.07 Å². The monoisotopic (exact) mass is 319 g/mol. The summed E-state index contributed by atoms with van der Waals surface area (Å²) in [4.78, 5) is 1.20. The van der Waals surface area contributed by atoms with E-state index in [-0.39, 0.29) is 12.6 Å². The largest absolute Gasteiger partial charge is 0.493 e. The number of nitrogens with two attached hydrogens (primary N) is 1. The predicted octanol–water partition coefficient (Wildman–Crippen LogP) is 3.23. The number of ether oxygens (including phenoxy) is 2. The van der Waals surface area contributed by atoms with Crippen LogP contribution in [0.25, 0.3) is 6.08 Å². The van der Waals surface area contributed by atoms with Crippen molar-refractivity contribution in [1.82, 2.24) is 0 Å². The zero-order valence-electron chi connectivity index (χ0n) is 12.6. The van der Waals surface area contributed by atoms with Crippen LogP contribution in [0.15, 0.2) is 41.8 Å². The molecule has 1 atom stereocenters. The number of benzene rings is 1. The van der Waals surface area contributed by atoms with E-state index in [9.17, 15) is 0 Å². The summed E-state index contributed by atoms with van der Waals surface area (Å²) in [5.74, 6) is 1.33. The van der Waals surface area contributed by atoms with E-state index >= 15 is 0 Å². The standard InChI is InChI=1S/C17H21NO3S/c1-20-17-12-13(15(18)8-9-19)6-7-16(17)21-10-2-4-14-5-3-11-22-14/h2-7,11-12,15,19H,8-10,18H2,1H3/b4-2+. The van der Waals surface area contributed by atoms with Crippen molar-refractivity contribution in [3.8, 4) is 11.5 Å². The van der Waals surface area contributed by atoms with Crippen molar-refractivity contribution in [2.75, 3.05) is 20.3 Å². The van der Waals surface area contributed by atoms with Crippen LogP contribution in [0.4, 0.5) is 0 Å². The maximum Gasteiger partial charge on any atom is 0.161 e. The van der Waals surface area contributed by atoms with Crippen LogP contribution in [0.1, 0.15) is 22.9 Å². The maximum absolute atomic E-state index is 8.96. The van der Waals surface area contributed by atoms with Crippen molar-refractivity contribution >= 4 is 17.4 Å². The Morgan fingerprint density at radius 3 is 2.86 bits per heavy atom. The number of aliphatic hydroxyl groups excluding tert-OH is 1. The van der Waals surface area contributed by atoms with E-state index in [1.807, 2.05) is 41.8 Å². The van der Waals surface area contributed by atoms with Gasteiger partial charge in [0, 0.05) is 17.5 Å². The highest BCUT2D eigenvalue weighted by Crippen LogP contribution is 2.30. The minimum absolute atomic E-state index is 0.0647. The van der Waals surface area contributed by atoms with Gasteiger partial charge in [-0.25, -0.2) is 0 Å². The molecule has 1 unspecified atom stereocenters. The topological polar surface area (TPSA) is 64.7 Å². The average molecular weight is 319 g/mol. The fourth-order valence-corrected chi connectivity index (χ4v) is 2.67. The Hall–Kier alpha value is -1.82. The molecule has 0 aliphatic carbocycles. The number of thiophene rings is 1. The number of rotatable bonds is 8. The fourth-order valence-electron chi connectivity index (χ4n) is 2.03. The van der Waals surface area contributed by atoms with Gasteiger partial charge in [0.05, 0.1) is 7.11 Å². The highest BCUT2D eigenvalue weighted by atomic mass is 32.1. The maximum atomic E-state index is 8.96. The Kier molecular flexibility index (Phi) is 6.45. The van der Waals surface area contributed by atoms with Gasteiger partial charge in [-0.15, -0.1) is 11.3 Å². The molecule has 1 aromatic heterocycles. The van der Waals surface area contributed by atoms with Gasteiger partial charge in [-0.1, -0.05) is 12.1 Å². The molecule has 0 aliphatic heterocycles. The van der Waals surface area contributed by atoms with Crippen LogP contribution >= 0.6 is 11.3 Å². The lowest BCUT2D eigenvalue weighted by atomic mass is 10.0. The second-order valence-electron chi connectivity index (χ2n) is 4.76. The second kappa shape index (κ2) is 8.58. The summed E-state index contributed by atoms with van der Waals surface area (Å²) in [6, 6.07) is 9.48. The van der Waals surface area contributed by atoms with Crippen LogP contribution < -0.4 is 15.2 Å². The molecule has 5 heteroatoms. The average Bonchev–Trinajstić information content (AvgIpc) is 3.05. The molecule has 4 nitrogen and oxygen atoms in total. The lowest BCUT2D eigenvalue weighted by Gasteiger charge is -2.14. The molecule has 0 spiro atoms. The van der Waals surface area contributed by atoms with Crippen LogP contribution in [0, 0.1) is 0 Å². The van der Waals surface area contributed by atoms with Crippen LogP contribution in [-0.2, 0) is 0 Å². The highest BCUT2D eigenvalue weighted by molar-refractivity contribution is 7.10. The van der Waals surface area contributed by atoms with Crippen LogP contribution in [0.5, 0.6) is 11.5 Å². The summed E-state index contributed by atoms with van der Waals surface area (Å²) in [5.41, 5.74) is 6.91. The van der Waals surface area contributed by atoms with Crippen LogP contribution in [0.2, 0.25) is 0 Å². The van der Waals surface area contributed by atoms with E-state index < -0.39 is 0 Å². The highest BCUT2D eigenvalue weighted by Gasteiger charge is 2.10. The molecular weight excluding hydrogens is 298 g/mol. The van der Waals surface area contributed by atoms with Crippen molar-refractivity contribution in [2.45, 2.75) is 12.5 Å². The van der Waals surface area contributed by atoms with Crippen molar-refractivity contribution < 1.29 is 14.6 Å². The summed E-state index contributed by atoms with van der Waals surface area (Å²) < 4.78 is 11.1. The molecule has 1 heterocycles. The molecule has 3 N–H and O–H groups in total. The van der Waals surface area contributed by atoms with Gasteiger partial charge < -0.3 is 20.3 Å². The van der Waals surface area contributed by atoms with Crippen molar-refractivity contribution in [3.05, 3.63) is 52.2 Å². The molecule has 1 aromatic carbocycles. The first-order valence-electron chi connectivity index (χ1n) is 7.12. The molecule has 0 amide bonds. The predicted molar refractivity (Wildman–Crippen MR) is 90.5 cm³/mol. The third kappa shape index (κ3) is 4.59. The SMILES string of the molecule is COc1cc(C(N)CCO)ccc1OC/C=C/c1cccs1. The van der Waals surface area contributed by atoms with E-state index in [1.54, 1.807) is 18.4 Å². The van der Waals surface area contributed by atoms with Gasteiger partial charge in [0.25, 0.3) is 0 Å². The van der Waals surface area contributed by atoms with Gasteiger partial charge in [-0.2, -0.15) is 0 Å². The quantitative estimate of drug-likeness (QED) is 0.784. The fraction of sp³-hybridized carbons (Fsp3) is 0.294. The second-order valence-corrected chi connectivity index (χ2v) is 5.74. The Balaban J connectivity index is 1.98. The summed E-state index contributed by atoms with van der Waals surface area (Å²) in [7, 11) is 1.60. The smallest absolute Gasteiger partial charge is 0.161 e. The Bertz CT molecular complexity index is 596. The number of methoxy groups -OCH3 is 1. The molecule has 0 saturated heterocycles. The minimum Gasteiger partial charge on any atom is -0.493 e. The van der Waals surface area contributed by atoms with Crippen LogP contribution in [0.3, 0.4) is 0 Å². The normalized spacial score (nSPS) is 12.5. The lowest BCUT2D eigenvalue weighted by molar-refractivity contribution is 0.276. The molecular formula is C17H21NO3S.